The van der Waals surface area contributed by atoms with E-state index in [1.165, 1.54) is 11.8 Å². The molecule has 3 heterocycles. The lowest BCUT2D eigenvalue weighted by atomic mass is 10.3. The van der Waals surface area contributed by atoms with Gasteiger partial charge in [0.1, 0.15) is 0 Å². The summed E-state index contributed by atoms with van der Waals surface area (Å²) in [4.78, 5) is 24.0. The van der Waals surface area contributed by atoms with Crippen LogP contribution in [-0.4, -0.2) is 70.0 Å². The number of anilines is 2. The van der Waals surface area contributed by atoms with E-state index in [-0.39, 0.29) is 0 Å². The highest BCUT2D eigenvalue weighted by Gasteiger charge is 2.21. The van der Waals surface area contributed by atoms with Crippen LogP contribution in [0, 0.1) is 11.3 Å². The third-order valence-corrected chi connectivity index (χ3v) is 6.32. The molecule has 2 aliphatic rings. The summed E-state index contributed by atoms with van der Waals surface area (Å²) in [6.07, 6.45) is 0.567. The first-order valence-electron chi connectivity index (χ1n) is 9.58. The molecule has 0 radical (unpaired) electrons. The van der Waals surface area contributed by atoms with Crippen molar-refractivity contribution >= 4 is 40.6 Å². The third-order valence-electron chi connectivity index (χ3n) is 4.55. The number of piperazine rings is 1. The second-order valence-corrected chi connectivity index (χ2v) is 8.68. The van der Waals surface area contributed by atoms with Gasteiger partial charge in [-0.25, -0.2) is 0 Å². The molecule has 0 saturated carbocycles. The van der Waals surface area contributed by atoms with Crippen LogP contribution < -0.4 is 10.2 Å². The maximum Gasteiger partial charge on any atom is 0.234 e. The van der Waals surface area contributed by atoms with E-state index in [4.69, 9.17) is 10.2 Å². The predicted octanol–water partition coefficient (Wildman–Crippen LogP) is 2.57. The van der Waals surface area contributed by atoms with Gasteiger partial charge < -0.3 is 10.2 Å². The molecule has 0 aliphatic carbocycles. The van der Waals surface area contributed by atoms with Crippen molar-refractivity contribution in [3.05, 3.63) is 30.3 Å². The van der Waals surface area contributed by atoms with Crippen molar-refractivity contribution in [3.8, 4) is 6.07 Å². The summed E-state index contributed by atoms with van der Waals surface area (Å²) in [6.45, 7) is 5.11. The molecule has 1 N–H and O–H groups in total. The van der Waals surface area contributed by atoms with Gasteiger partial charge in [0.2, 0.25) is 11.9 Å². The number of aromatic nitrogens is 3. The fourth-order valence-corrected chi connectivity index (χ4v) is 4.55. The van der Waals surface area contributed by atoms with Crippen LogP contribution in [0.2, 0.25) is 0 Å². The quantitative estimate of drug-likeness (QED) is 0.748. The molecule has 0 amide bonds. The van der Waals surface area contributed by atoms with Gasteiger partial charge >= 0.3 is 0 Å². The number of amidine groups is 1. The van der Waals surface area contributed by atoms with Crippen LogP contribution >= 0.6 is 23.5 Å². The largest absolute Gasteiger partial charge is 0.338 e. The number of rotatable bonds is 6. The van der Waals surface area contributed by atoms with Crippen molar-refractivity contribution in [1.82, 2.24) is 19.9 Å². The number of nitrogens with zero attached hydrogens (tertiary/aromatic N) is 7. The molecule has 2 aliphatic heterocycles. The zero-order valence-corrected chi connectivity index (χ0v) is 17.6. The van der Waals surface area contributed by atoms with Crippen LogP contribution in [0.3, 0.4) is 0 Å². The van der Waals surface area contributed by atoms with Crippen molar-refractivity contribution in [2.24, 2.45) is 4.99 Å². The second kappa shape index (κ2) is 9.91. The first-order chi connectivity index (χ1) is 14.3. The van der Waals surface area contributed by atoms with Crippen molar-refractivity contribution in [2.45, 2.75) is 16.5 Å². The summed E-state index contributed by atoms with van der Waals surface area (Å²) < 4.78 is 0. The number of benzene rings is 1. The molecule has 0 atom stereocenters. The highest BCUT2D eigenvalue weighted by Crippen LogP contribution is 2.27. The van der Waals surface area contributed by atoms with E-state index < -0.39 is 0 Å². The highest BCUT2D eigenvalue weighted by molar-refractivity contribution is 8.14. The van der Waals surface area contributed by atoms with Crippen molar-refractivity contribution in [1.29, 1.82) is 5.26 Å². The molecule has 29 heavy (non-hydrogen) atoms. The van der Waals surface area contributed by atoms with Gasteiger partial charge in [0.15, 0.2) is 10.3 Å². The number of aliphatic imine (C=N–C) groups is 1. The summed E-state index contributed by atoms with van der Waals surface area (Å²) >= 11 is 3.21. The average molecular weight is 427 g/mol. The number of hydrogen-bond donors (Lipinski definition) is 1. The van der Waals surface area contributed by atoms with Gasteiger partial charge in [-0.05, 0) is 23.9 Å². The van der Waals surface area contributed by atoms with Gasteiger partial charge in [0.05, 0.1) is 12.6 Å². The Morgan fingerprint density at radius 3 is 2.66 bits per heavy atom. The predicted molar refractivity (Wildman–Crippen MR) is 118 cm³/mol. The van der Waals surface area contributed by atoms with Crippen molar-refractivity contribution < 1.29 is 0 Å². The van der Waals surface area contributed by atoms with E-state index in [9.17, 15) is 0 Å². The molecule has 0 spiro atoms. The molecule has 1 fully saturated rings. The lowest BCUT2D eigenvalue weighted by Crippen LogP contribution is -2.47. The minimum atomic E-state index is 0.536. The van der Waals surface area contributed by atoms with Gasteiger partial charge in [0.25, 0.3) is 0 Å². The van der Waals surface area contributed by atoms with Gasteiger partial charge in [0, 0.05) is 49.8 Å². The van der Waals surface area contributed by atoms with Crippen molar-refractivity contribution in [3.63, 3.8) is 0 Å². The van der Waals surface area contributed by atoms with Crippen LogP contribution in [0.4, 0.5) is 11.9 Å². The van der Waals surface area contributed by atoms with Crippen LogP contribution in [0.5, 0.6) is 0 Å². The Balaban J connectivity index is 1.52. The lowest BCUT2D eigenvalue weighted by molar-refractivity contribution is 0.262. The Morgan fingerprint density at radius 1 is 1.10 bits per heavy atom. The molecule has 8 nitrogen and oxygen atoms in total. The third kappa shape index (κ3) is 5.59. The maximum atomic E-state index is 8.79. The SMILES string of the molecule is N#CCCN1CCN(c2nc(NC3=NCCS3)nc(Sc3ccccc3)n2)CC1. The van der Waals surface area contributed by atoms with Crippen LogP contribution in [0.15, 0.2) is 45.4 Å². The van der Waals surface area contributed by atoms with E-state index in [0.29, 0.717) is 23.5 Å². The summed E-state index contributed by atoms with van der Waals surface area (Å²) in [6, 6.07) is 12.3. The Bertz CT molecular complexity index is 891. The van der Waals surface area contributed by atoms with Crippen LogP contribution in [0.1, 0.15) is 6.42 Å². The van der Waals surface area contributed by atoms with Crippen LogP contribution in [0.25, 0.3) is 0 Å². The minimum Gasteiger partial charge on any atom is -0.338 e. The first kappa shape index (κ1) is 19.9. The number of nitrogens with one attached hydrogen (secondary N) is 1. The number of nitriles is 1. The van der Waals surface area contributed by atoms with Gasteiger partial charge in [-0.1, -0.05) is 30.0 Å². The summed E-state index contributed by atoms with van der Waals surface area (Å²) in [7, 11) is 0. The molecule has 1 saturated heterocycles. The lowest BCUT2D eigenvalue weighted by Gasteiger charge is -2.34. The second-order valence-electron chi connectivity index (χ2n) is 6.55. The fourth-order valence-electron chi connectivity index (χ4n) is 3.07. The van der Waals surface area contributed by atoms with Gasteiger partial charge in [-0.2, -0.15) is 20.2 Å². The maximum absolute atomic E-state index is 8.79. The molecule has 2 aromatic rings. The molecule has 10 heteroatoms. The Morgan fingerprint density at radius 2 is 1.93 bits per heavy atom. The highest BCUT2D eigenvalue weighted by atomic mass is 32.2. The van der Waals surface area contributed by atoms with E-state index in [1.54, 1.807) is 11.8 Å². The minimum absolute atomic E-state index is 0.536. The standard InChI is InChI=1S/C19H22N8S2/c20-7-4-9-26-10-12-27(13-11-26)17-22-16(23-18-21-8-14-28-18)24-19(25-17)29-15-5-2-1-3-6-15/h1-3,5-6H,4,8-14H2,(H,21,22,23,24,25). The Kier molecular flexibility index (Phi) is 6.82. The Hall–Kier alpha value is -2.35. The first-order valence-corrected chi connectivity index (χ1v) is 11.4. The van der Waals surface area contributed by atoms with Crippen LogP contribution in [-0.2, 0) is 0 Å². The topological polar surface area (TPSA) is 93.3 Å². The zero-order chi connectivity index (χ0) is 19.9. The summed E-state index contributed by atoms with van der Waals surface area (Å²) in [5, 5.41) is 13.6. The molecule has 0 bridgehead atoms. The van der Waals surface area contributed by atoms with E-state index in [0.717, 1.165) is 55.1 Å². The summed E-state index contributed by atoms with van der Waals surface area (Å²) in [5.41, 5.74) is 0. The monoisotopic (exact) mass is 426 g/mol. The molecule has 4 rings (SSSR count). The van der Waals surface area contributed by atoms with E-state index in [2.05, 4.69) is 36.1 Å². The van der Waals surface area contributed by atoms with E-state index in [1.807, 2.05) is 30.3 Å². The summed E-state index contributed by atoms with van der Waals surface area (Å²) in [5.74, 6) is 2.20. The molecule has 0 unspecified atom stereocenters. The molecule has 150 valence electrons. The molecule has 1 aromatic carbocycles. The fraction of sp³-hybridized carbons (Fsp3) is 0.421. The number of hydrogen-bond acceptors (Lipinski definition) is 10. The molecular formula is C19H22N8S2. The zero-order valence-electron chi connectivity index (χ0n) is 16.0. The average Bonchev–Trinajstić information content (AvgIpc) is 3.26. The normalized spacial score (nSPS) is 17.1. The molecular weight excluding hydrogens is 404 g/mol. The van der Waals surface area contributed by atoms with E-state index >= 15 is 0 Å². The van der Waals surface area contributed by atoms with Crippen molar-refractivity contribution in [2.75, 3.05) is 55.2 Å². The smallest absolute Gasteiger partial charge is 0.234 e. The van der Waals surface area contributed by atoms with Gasteiger partial charge in [-0.3, -0.25) is 9.89 Å². The molecule has 1 aromatic heterocycles. The van der Waals surface area contributed by atoms with Gasteiger partial charge in [-0.15, -0.1) is 0 Å². The Labute approximate surface area is 178 Å². The number of thioether (sulfide) groups is 1.